The minimum Gasteiger partial charge on any atom is -0.465 e. The maximum atomic E-state index is 5.90. The summed E-state index contributed by atoms with van der Waals surface area (Å²) in [7, 11) is 2.17. The van der Waals surface area contributed by atoms with Gasteiger partial charge in [-0.2, -0.15) is 0 Å². The molecule has 0 spiro atoms. The highest BCUT2D eigenvalue weighted by atomic mass is 16.3. The second-order valence-corrected chi connectivity index (χ2v) is 6.95. The Balaban J connectivity index is 2.61. The number of hydrogen-bond donors (Lipinski definition) is 1. The van der Waals surface area contributed by atoms with Crippen LogP contribution in [0.5, 0.6) is 0 Å². The fourth-order valence-electron chi connectivity index (χ4n) is 2.24. The fourth-order valence-corrected chi connectivity index (χ4v) is 2.24. The SMILES string of the molecule is CCCC(C)N(C)Cc1cc(CNC(C)(C)C)c(C)o1. The molecule has 0 aliphatic heterocycles. The molecule has 1 heterocycles. The molecule has 0 aliphatic rings. The predicted molar refractivity (Wildman–Crippen MR) is 85.9 cm³/mol. The maximum absolute atomic E-state index is 5.90. The van der Waals surface area contributed by atoms with E-state index in [4.69, 9.17) is 4.42 Å². The van der Waals surface area contributed by atoms with Gasteiger partial charge >= 0.3 is 0 Å². The van der Waals surface area contributed by atoms with Crippen LogP contribution >= 0.6 is 0 Å². The van der Waals surface area contributed by atoms with Crippen LogP contribution in [0.4, 0.5) is 0 Å². The molecule has 1 atom stereocenters. The van der Waals surface area contributed by atoms with Crippen molar-refractivity contribution < 1.29 is 4.42 Å². The third-order valence-corrected chi connectivity index (χ3v) is 3.74. The summed E-state index contributed by atoms with van der Waals surface area (Å²) in [6.45, 7) is 14.9. The molecule has 0 fully saturated rings. The molecule has 3 nitrogen and oxygen atoms in total. The average Bonchev–Trinajstić information content (AvgIpc) is 2.66. The Hall–Kier alpha value is -0.800. The Bertz CT molecular complexity index is 404. The van der Waals surface area contributed by atoms with Gasteiger partial charge in [0.1, 0.15) is 11.5 Å². The van der Waals surface area contributed by atoms with Gasteiger partial charge in [-0.1, -0.05) is 13.3 Å². The lowest BCUT2D eigenvalue weighted by molar-refractivity contribution is 0.218. The number of hydrogen-bond acceptors (Lipinski definition) is 3. The van der Waals surface area contributed by atoms with E-state index in [1.165, 1.54) is 18.4 Å². The lowest BCUT2D eigenvalue weighted by Gasteiger charge is -2.23. The van der Waals surface area contributed by atoms with E-state index in [1.807, 2.05) is 0 Å². The zero-order valence-electron chi connectivity index (χ0n) is 14.3. The first-order valence-corrected chi connectivity index (χ1v) is 7.76. The molecule has 0 radical (unpaired) electrons. The van der Waals surface area contributed by atoms with Crippen LogP contribution < -0.4 is 5.32 Å². The third-order valence-electron chi connectivity index (χ3n) is 3.74. The van der Waals surface area contributed by atoms with E-state index in [-0.39, 0.29) is 5.54 Å². The van der Waals surface area contributed by atoms with E-state index in [2.05, 4.69) is 64.9 Å². The number of nitrogens with one attached hydrogen (secondary N) is 1. The lowest BCUT2D eigenvalue weighted by Crippen LogP contribution is -2.35. The van der Waals surface area contributed by atoms with Gasteiger partial charge in [0.05, 0.1) is 6.54 Å². The molecular formula is C17H32N2O. The van der Waals surface area contributed by atoms with Crippen LogP contribution in [-0.4, -0.2) is 23.5 Å². The Kier molecular flexibility index (Phi) is 6.28. The molecule has 1 N–H and O–H groups in total. The Morgan fingerprint density at radius 1 is 1.35 bits per heavy atom. The molecule has 3 heteroatoms. The summed E-state index contributed by atoms with van der Waals surface area (Å²) in [5, 5.41) is 3.52. The Morgan fingerprint density at radius 3 is 2.55 bits per heavy atom. The molecule has 0 bridgehead atoms. The van der Waals surface area contributed by atoms with Gasteiger partial charge in [0.25, 0.3) is 0 Å². The molecule has 1 aromatic heterocycles. The smallest absolute Gasteiger partial charge is 0.118 e. The molecule has 116 valence electrons. The van der Waals surface area contributed by atoms with Crippen LogP contribution in [0, 0.1) is 6.92 Å². The summed E-state index contributed by atoms with van der Waals surface area (Å²) < 4.78 is 5.90. The summed E-state index contributed by atoms with van der Waals surface area (Å²) in [6, 6.07) is 2.80. The number of aryl methyl sites for hydroxylation is 1. The molecule has 0 amide bonds. The molecular weight excluding hydrogens is 248 g/mol. The van der Waals surface area contributed by atoms with Crippen molar-refractivity contribution in [3.8, 4) is 0 Å². The van der Waals surface area contributed by atoms with E-state index in [0.717, 1.165) is 24.6 Å². The van der Waals surface area contributed by atoms with Gasteiger partial charge < -0.3 is 9.73 Å². The standard InChI is InChI=1S/C17H32N2O/c1-8-9-13(2)19(7)12-16-10-15(14(3)20-16)11-18-17(4,5)6/h10,13,18H,8-9,11-12H2,1-7H3. The van der Waals surface area contributed by atoms with E-state index >= 15 is 0 Å². The lowest BCUT2D eigenvalue weighted by atomic mass is 10.1. The molecule has 20 heavy (non-hydrogen) atoms. The van der Waals surface area contributed by atoms with Crippen LogP contribution in [0.2, 0.25) is 0 Å². The van der Waals surface area contributed by atoms with Crippen molar-refractivity contribution in [3.63, 3.8) is 0 Å². The molecule has 1 aromatic rings. The Morgan fingerprint density at radius 2 is 2.00 bits per heavy atom. The monoisotopic (exact) mass is 280 g/mol. The highest BCUT2D eigenvalue weighted by Crippen LogP contribution is 2.18. The van der Waals surface area contributed by atoms with Gasteiger partial charge in [-0.25, -0.2) is 0 Å². The van der Waals surface area contributed by atoms with Gasteiger partial charge in [0.2, 0.25) is 0 Å². The largest absolute Gasteiger partial charge is 0.465 e. The Labute approximate surface area is 124 Å². The highest BCUT2D eigenvalue weighted by Gasteiger charge is 2.15. The van der Waals surface area contributed by atoms with E-state index in [0.29, 0.717) is 6.04 Å². The first-order valence-electron chi connectivity index (χ1n) is 7.76. The third kappa shape index (κ3) is 5.68. The molecule has 1 rings (SSSR count). The number of rotatable bonds is 7. The van der Waals surface area contributed by atoms with E-state index < -0.39 is 0 Å². The van der Waals surface area contributed by atoms with Crippen molar-refractivity contribution in [2.45, 2.75) is 79.1 Å². The summed E-state index contributed by atoms with van der Waals surface area (Å²) in [4.78, 5) is 2.36. The molecule has 0 saturated heterocycles. The molecule has 1 unspecified atom stereocenters. The predicted octanol–water partition coefficient (Wildman–Crippen LogP) is 4.10. The quantitative estimate of drug-likeness (QED) is 0.815. The summed E-state index contributed by atoms with van der Waals surface area (Å²) >= 11 is 0. The zero-order valence-corrected chi connectivity index (χ0v) is 14.3. The maximum Gasteiger partial charge on any atom is 0.118 e. The van der Waals surface area contributed by atoms with Gasteiger partial charge in [-0.3, -0.25) is 4.90 Å². The van der Waals surface area contributed by atoms with Gasteiger partial charge in [-0.05, 0) is 54.2 Å². The van der Waals surface area contributed by atoms with Crippen molar-refractivity contribution in [1.29, 1.82) is 0 Å². The minimum absolute atomic E-state index is 0.135. The van der Waals surface area contributed by atoms with Crippen LogP contribution in [0.3, 0.4) is 0 Å². The van der Waals surface area contributed by atoms with Crippen LogP contribution in [0.25, 0.3) is 0 Å². The zero-order chi connectivity index (χ0) is 15.3. The molecule has 0 aliphatic carbocycles. The highest BCUT2D eigenvalue weighted by molar-refractivity contribution is 5.21. The second kappa shape index (κ2) is 7.28. The van der Waals surface area contributed by atoms with Crippen molar-refractivity contribution in [2.24, 2.45) is 0 Å². The average molecular weight is 280 g/mol. The van der Waals surface area contributed by atoms with Crippen LogP contribution in [0.1, 0.15) is 64.5 Å². The van der Waals surface area contributed by atoms with E-state index in [9.17, 15) is 0 Å². The molecule has 0 saturated carbocycles. The van der Waals surface area contributed by atoms with Crippen molar-refractivity contribution in [3.05, 3.63) is 23.2 Å². The fraction of sp³-hybridized carbons (Fsp3) is 0.765. The molecule has 0 aromatic carbocycles. The van der Waals surface area contributed by atoms with E-state index in [1.54, 1.807) is 0 Å². The topological polar surface area (TPSA) is 28.4 Å². The van der Waals surface area contributed by atoms with Crippen molar-refractivity contribution >= 4 is 0 Å². The van der Waals surface area contributed by atoms with Crippen LogP contribution in [0.15, 0.2) is 10.5 Å². The normalized spacial score (nSPS) is 14.0. The number of nitrogens with zero attached hydrogens (tertiary/aromatic N) is 1. The first kappa shape index (κ1) is 17.3. The minimum atomic E-state index is 0.135. The van der Waals surface area contributed by atoms with Gasteiger partial charge in [0.15, 0.2) is 0 Å². The number of furan rings is 1. The summed E-state index contributed by atoms with van der Waals surface area (Å²) in [6.07, 6.45) is 2.46. The van der Waals surface area contributed by atoms with Crippen molar-refractivity contribution in [1.82, 2.24) is 10.2 Å². The summed E-state index contributed by atoms with van der Waals surface area (Å²) in [5.41, 5.74) is 1.41. The van der Waals surface area contributed by atoms with Crippen molar-refractivity contribution in [2.75, 3.05) is 7.05 Å². The van der Waals surface area contributed by atoms with Gasteiger partial charge in [-0.15, -0.1) is 0 Å². The first-order chi connectivity index (χ1) is 9.23. The second-order valence-electron chi connectivity index (χ2n) is 6.95. The van der Waals surface area contributed by atoms with Crippen LogP contribution in [-0.2, 0) is 13.1 Å². The summed E-state index contributed by atoms with van der Waals surface area (Å²) in [5.74, 6) is 2.10. The van der Waals surface area contributed by atoms with Gasteiger partial charge in [0, 0.05) is 23.7 Å².